The van der Waals surface area contributed by atoms with Crippen LogP contribution in [0, 0.1) is 0 Å². The van der Waals surface area contributed by atoms with Crippen LogP contribution in [-0.2, 0) is 6.54 Å². The zero-order chi connectivity index (χ0) is 23.4. The molecule has 0 saturated heterocycles. The highest BCUT2D eigenvalue weighted by Gasteiger charge is 2.12. The van der Waals surface area contributed by atoms with Gasteiger partial charge >= 0.3 is 12.1 Å². The number of amides is 3. The number of nitrogens with one attached hydrogen (secondary N) is 3. The Bertz CT molecular complexity index is 1340. The van der Waals surface area contributed by atoms with Gasteiger partial charge in [-0.1, -0.05) is 22.0 Å². The molecule has 4 N–H and O–H groups in total. The van der Waals surface area contributed by atoms with E-state index in [1.165, 1.54) is 0 Å². The first-order valence-corrected chi connectivity index (χ1v) is 10.7. The Kier molecular flexibility index (Phi) is 6.45. The first-order chi connectivity index (χ1) is 15.9. The van der Waals surface area contributed by atoms with Crippen molar-refractivity contribution in [2.45, 2.75) is 6.54 Å². The maximum Gasteiger partial charge on any atom is 0.410 e. The van der Waals surface area contributed by atoms with Crippen LogP contribution in [0.15, 0.2) is 71.5 Å². The van der Waals surface area contributed by atoms with Gasteiger partial charge in [0.25, 0.3) is 0 Å². The minimum Gasteiger partial charge on any atom is -0.495 e. The van der Waals surface area contributed by atoms with Crippen molar-refractivity contribution in [3.05, 3.63) is 77.0 Å². The molecule has 2 aromatic carbocycles. The minimum atomic E-state index is -1.17. The summed E-state index contributed by atoms with van der Waals surface area (Å²) in [6.45, 7) is 0.505. The van der Waals surface area contributed by atoms with Gasteiger partial charge in [-0.25, -0.2) is 14.6 Å². The molecule has 168 valence electrons. The lowest BCUT2D eigenvalue weighted by atomic mass is 10.2. The van der Waals surface area contributed by atoms with Gasteiger partial charge in [0.2, 0.25) is 0 Å². The van der Waals surface area contributed by atoms with E-state index in [0.717, 1.165) is 20.9 Å². The molecular weight excluding hydrogens is 490 g/mol. The topological polar surface area (TPSA) is 118 Å². The number of aromatic nitrogens is 2. The van der Waals surface area contributed by atoms with Crippen LogP contribution in [0.2, 0.25) is 0 Å². The standard InChI is InChI=1S/C23H20BrN5O4/c1-33-20-6-5-15(24)12-18(20)27-22(30)26-17-3-2-4-19-16(17)8-10-29(19)13-14-7-9-25-21(11-14)28-23(31)32/h2-12H,13H2,1H3,(H,25,28)(H,31,32)(H2,26,27,30). The van der Waals surface area contributed by atoms with Crippen molar-refractivity contribution in [1.29, 1.82) is 0 Å². The molecule has 9 nitrogen and oxygen atoms in total. The molecule has 0 aliphatic rings. The van der Waals surface area contributed by atoms with Crippen molar-refractivity contribution < 1.29 is 19.4 Å². The Morgan fingerprint density at radius 1 is 1.06 bits per heavy atom. The number of carbonyl (C=O) groups is 2. The number of rotatable bonds is 6. The van der Waals surface area contributed by atoms with Gasteiger partial charge in [-0.3, -0.25) is 5.32 Å². The summed E-state index contributed by atoms with van der Waals surface area (Å²) in [4.78, 5) is 27.5. The molecule has 33 heavy (non-hydrogen) atoms. The summed E-state index contributed by atoms with van der Waals surface area (Å²) < 4.78 is 8.13. The number of hydrogen-bond acceptors (Lipinski definition) is 4. The van der Waals surface area contributed by atoms with Gasteiger partial charge in [0.15, 0.2) is 0 Å². The normalized spacial score (nSPS) is 10.6. The maximum absolute atomic E-state index is 12.7. The van der Waals surface area contributed by atoms with Crippen LogP contribution in [0.5, 0.6) is 5.75 Å². The van der Waals surface area contributed by atoms with Crippen molar-refractivity contribution in [1.82, 2.24) is 9.55 Å². The highest BCUT2D eigenvalue weighted by Crippen LogP contribution is 2.29. The van der Waals surface area contributed by atoms with Crippen molar-refractivity contribution >= 4 is 56.1 Å². The molecule has 4 rings (SSSR count). The zero-order valence-electron chi connectivity index (χ0n) is 17.5. The van der Waals surface area contributed by atoms with Gasteiger partial charge in [0.05, 0.1) is 24.0 Å². The fourth-order valence-electron chi connectivity index (χ4n) is 3.47. The van der Waals surface area contributed by atoms with E-state index in [0.29, 0.717) is 23.7 Å². The third-order valence-corrected chi connectivity index (χ3v) is 5.38. The molecular formula is C23H20BrN5O4. The Morgan fingerprint density at radius 3 is 2.67 bits per heavy atom. The fraction of sp³-hybridized carbons (Fsp3) is 0.0870. The number of hydrogen-bond donors (Lipinski definition) is 4. The number of benzene rings is 2. The van der Waals surface area contributed by atoms with E-state index in [1.54, 1.807) is 31.5 Å². The van der Waals surface area contributed by atoms with Gasteiger partial charge in [-0.2, -0.15) is 0 Å². The Labute approximate surface area is 197 Å². The third-order valence-electron chi connectivity index (χ3n) is 4.88. The van der Waals surface area contributed by atoms with Gasteiger partial charge in [-0.15, -0.1) is 0 Å². The van der Waals surface area contributed by atoms with Crippen LogP contribution in [0.1, 0.15) is 5.56 Å². The number of anilines is 3. The number of ether oxygens (including phenoxy) is 1. The van der Waals surface area contributed by atoms with E-state index >= 15 is 0 Å². The van der Waals surface area contributed by atoms with E-state index in [1.807, 2.05) is 47.2 Å². The molecule has 2 heterocycles. The second-order valence-corrected chi connectivity index (χ2v) is 8.00. The Morgan fingerprint density at radius 2 is 1.88 bits per heavy atom. The predicted octanol–water partition coefficient (Wildman–Crippen LogP) is 5.59. The summed E-state index contributed by atoms with van der Waals surface area (Å²) in [6, 6.07) is 16.0. The largest absolute Gasteiger partial charge is 0.495 e. The number of fused-ring (bicyclic) bond motifs is 1. The van der Waals surface area contributed by atoms with Crippen LogP contribution >= 0.6 is 15.9 Å². The molecule has 0 bridgehead atoms. The van der Waals surface area contributed by atoms with E-state index < -0.39 is 12.1 Å². The first kappa shape index (κ1) is 22.2. The van der Waals surface area contributed by atoms with Crippen LogP contribution in [0.25, 0.3) is 10.9 Å². The van der Waals surface area contributed by atoms with Crippen LogP contribution in [0.4, 0.5) is 26.8 Å². The van der Waals surface area contributed by atoms with E-state index in [2.05, 4.69) is 36.9 Å². The van der Waals surface area contributed by atoms with Crippen molar-refractivity contribution in [2.24, 2.45) is 0 Å². The SMILES string of the molecule is COc1ccc(Br)cc1NC(=O)Nc1cccc2c1ccn2Cc1ccnc(NC(=O)O)c1. The van der Waals surface area contributed by atoms with Crippen molar-refractivity contribution in [2.75, 3.05) is 23.1 Å². The predicted molar refractivity (Wildman–Crippen MR) is 130 cm³/mol. The number of carboxylic acid groups (broad SMARTS) is 1. The van der Waals surface area contributed by atoms with Crippen LogP contribution in [0.3, 0.4) is 0 Å². The number of pyridine rings is 1. The number of nitrogens with zero attached hydrogens (tertiary/aromatic N) is 2. The quantitative estimate of drug-likeness (QED) is 0.270. The Balaban J connectivity index is 1.54. The summed E-state index contributed by atoms with van der Waals surface area (Å²) in [6.07, 6.45) is 2.30. The van der Waals surface area contributed by atoms with Gasteiger partial charge in [0, 0.05) is 28.8 Å². The lowest BCUT2D eigenvalue weighted by Gasteiger charge is -2.13. The van der Waals surface area contributed by atoms with E-state index in [4.69, 9.17) is 9.84 Å². The second kappa shape index (κ2) is 9.61. The summed E-state index contributed by atoms with van der Waals surface area (Å²) in [7, 11) is 1.54. The minimum absolute atomic E-state index is 0.262. The summed E-state index contributed by atoms with van der Waals surface area (Å²) >= 11 is 3.39. The van der Waals surface area contributed by atoms with Gasteiger partial charge in [-0.05, 0) is 54.1 Å². The Hall–Kier alpha value is -4.05. The molecule has 0 spiro atoms. The molecule has 0 atom stereocenters. The van der Waals surface area contributed by atoms with Gasteiger partial charge < -0.3 is 25.0 Å². The molecule has 0 saturated carbocycles. The molecule has 10 heteroatoms. The molecule has 3 amide bonds. The van der Waals surface area contributed by atoms with Crippen LogP contribution < -0.4 is 20.7 Å². The number of methoxy groups -OCH3 is 1. The van der Waals surface area contributed by atoms with Gasteiger partial charge in [0.1, 0.15) is 11.6 Å². The summed E-state index contributed by atoms with van der Waals surface area (Å²) in [5.41, 5.74) is 2.99. The number of halogens is 1. The highest BCUT2D eigenvalue weighted by molar-refractivity contribution is 9.10. The van der Waals surface area contributed by atoms with Crippen molar-refractivity contribution in [3.8, 4) is 5.75 Å². The third kappa shape index (κ3) is 5.24. The van der Waals surface area contributed by atoms with Crippen molar-refractivity contribution in [3.63, 3.8) is 0 Å². The average molecular weight is 510 g/mol. The molecule has 0 radical (unpaired) electrons. The second-order valence-electron chi connectivity index (χ2n) is 7.09. The van der Waals surface area contributed by atoms with E-state index in [-0.39, 0.29) is 5.82 Å². The van der Waals surface area contributed by atoms with E-state index in [9.17, 15) is 9.59 Å². The molecule has 0 fully saturated rings. The smallest absolute Gasteiger partial charge is 0.410 e. The van der Waals surface area contributed by atoms with Crippen LogP contribution in [-0.4, -0.2) is 33.9 Å². The fourth-order valence-corrected chi connectivity index (χ4v) is 3.83. The first-order valence-electron chi connectivity index (χ1n) is 9.87. The monoisotopic (exact) mass is 509 g/mol. The maximum atomic E-state index is 12.7. The molecule has 0 unspecified atom stereocenters. The lowest BCUT2D eigenvalue weighted by Crippen LogP contribution is -2.20. The molecule has 0 aliphatic carbocycles. The lowest BCUT2D eigenvalue weighted by molar-refractivity contribution is 0.209. The zero-order valence-corrected chi connectivity index (χ0v) is 19.1. The highest BCUT2D eigenvalue weighted by atomic mass is 79.9. The summed E-state index contributed by atoms with van der Waals surface area (Å²) in [5, 5.41) is 17.7. The summed E-state index contributed by atoms with van der Waals surface area (Å²) in [5.74, 6) is 0.810. The molecule has 4 aromatic rings. The molecule has 2 aromatic heterocycles. The number of urea groups is 1. The average Bonchev–Trinajstić information content (AvgIpc) is 3.17. The molecule has 0 aliphatic heterocycles. The number of carbonyl (C=O) groups excluding carboxylic acids is 1.